The van der Waals surface area contributed by atoms with Gasteiger partial charge in [-0.3, -0.25) is 0 Å². The van der Waals surface area contributed by atoms with Crippen LogP contribution in [0.1, 0.15) is 151 Å². The van der Waals surface area contributed by atoms with Crippen molar-refractivity contribution in [3.63, 3.8) is 0 Å². The summed E-state index contributed by atoms with van der Waals surface area (Å²) in [5, 5.41) is 0. The van der Waals surface area contributed by atoms with Crippen molar-refractivity contribution in [3.05, 3.63) is 165 Å². The second-order valence-corrected chi connectivity index (χ2v) is 21.7. The molecule has 2 aromatic carbocycles. The summed E-state index contributed by atoms with van der Waals surface area (Å²) in [5.74, 6) is -0.205. The van der Waals surface area contributed by atoms with Gasteiger partial charge in [0.1, 0.15) is 0 Å². The molecule has 0 radical (unpaired) electrons. The first-order chi connectivity index (χ1) is 29.7. The molecule has 4 N–H and O–H groups in total. The van der Waals surface area contributed by atoms with Crippen molar-refractivity contribution >= 4 is 46.4 Å². The number of nitrogens with zero attached hydrogens (tertiary/aromatic N) is 2. The van der Waals surface area contributed by atoms with Gasteiger partial charge in [-0.2, -0.15) is 0 Å². The minimum absolute atomic E-state index is 0.0564. The first-order valence-corrected chi connectivity index (χ1v) is 22.4. The van der Waals surface area contributed by atoms with Gasteiger partial charge in [0.05, 0.1) is 28.7 Å². The van der Waals surface area contributed by atoms with Crippen LogP contribution in [0.4, 0.5) is 0 Å². The highest BCUT2D eigenvalue weighted by molar-refractivity contribution is 5.94. The zero-order valence-electron chi connectivity index (χ0n) is 39.1. The summed E-state index contributed by atoms with van der Waals surface area (Å²) in [6.45, 7) is 27.6. The van der Waals surface area contributed by atoms with Crippen LogP contribution >= 0.6 is 0 Å². The lowest BCUT2D eigenvalue weighted by atomic mass is 9.78. The molecule has 63 heavy (non-hydrogen) atoms. The Labute approximate surface area is 373 Å². The van der Waals surface area contributed by atoms with Crippen LogP contribution in [0.3, 0.4) is 0 Å². The fourth-order valence-corrected chi connectivity index (χ4v) is 8.87. The number of rotatable bonds is 5. The van der Waals surface area contributed by atoms with Gasteiger partial charge in [-0.1, -0.05) is 119 Å². The summed E-state index contributed by atoms with van der Waals surface area (Å²) in [6, 6.07) is 33.7. The van der Waals surface area contributed by atoms with Crippen LogP contribution in [0.15, 0.2) is 103 Å². The molecule has 0 unspecified atom stereocenters. The molecule has 6 nitrogen and oxygen atoms in total. The number of aromatic nitrogens is 6. The summed E-state index contributed by atoms with van der Waals surface area (Å²) >= 11 is 0. The Morgan fingerprint density at radius 2 is 0.778 bits per heavy atom. The molecular weight excluding hydrogens is 769 g/mol. The molecule has 9 rings (SSSR count). The molecule has 2 aliphatic heterocycles. The SMILES string of the molecule is CC(C)(C)c1cc(-c2c3nc(c(C(c4ccc[nH]4)c4ccc[nH]4)c4nc(c(-c5cc(C(C)(C)C)cc(C(C)(C)C)c5)c5ccc(cc6ccc2[nH]6)[nH]5)C=C4)C=C3)cc(C(C)(C)C)c1. The summed E-state index contributed by atoms with van der Waals surface area (Å²) in [6.07, 6.45) is 12.8. The average molecular weight is 831 g/mol. The maximum atomic E-state index is 5.65. The molecule has 0 amide bonds. The monoisotopic (exact) mass is 831 g/mol. The van der Waals surface area contributed by atoms with Crippen LogP contribution in [-0.4, -0.2) is 29.9 Å². The van der Waals surface area contributed by atoms with Gasteiger partial charge in [-0.05, 0) is 134 Å². The topological polar surface area (TPSA) is 88.9 Å². The van der Waals surface area contributed by atoms with E-state index in [9.17, 15) is 0 Å². The Bertz CT molecular complexity index is 2810. The summed E-state index contributed by atoms with van der Waals surface area (Å²) in [4.78, 5) is 26.1. The van der Waals surface area contributed by atoms with Crippen LogP contribution in [-0.2, 0) is 21.7 Å². The molecule has 6 heteroatoms. The van der Waals surface area contributed by atoms with Crippen molar-refractivity contribution in [2.45, 2.75) is 111 Å². The molecule has 2 aliphatic rings. The van der Waals surface area contributed by atoms with Gasteiger partial charge in [0.25, 0.3) is 0 Å². The third-order valence-electron chi connectivity index (χ3n) is 12.7. The van der Waals surface area contributed by atoms with Crippen molar-refractivity contribution in [1.82, 2.24) is 29.9 Å². The van der Waals surface area contributed by atoms with Crippen molar-refractivity contribution in [2.24, 2.45) is 0 Å². The molecule has 8 bridgehead atoms. The largest absolute Gasteiger partial charge is 0.364 e. The zero-order chi connectivity index (χ0) is 44.6. The first kappa shape index (κ1) is 41.9. The lowest BCUT2D eigenvalue weighted by Crippen LogP contribution is -2.16. The molecular formula is C57H62N6. The molecule has 0 saturated heterocycles. The second kappa shape index (κ2) is 15.1. The molecule has 0 aliphatic carbocycles. The van der Waals surface area contributed by atoms with E-state index in [4.69, 9.17) is 9.97 Å². The smallest absolute Gasteiger partial charge is 0.0737 e. The first-order valence-electron chi connectivity index (χ1n) is 22.4. The predicted molar refractivity (Wildman–Crippen MR) is 267 cm³/mol. The van der Waals surface area contributed by atoms with Crippen LogP contribution in [0.5, 0.6) is 0 Å². The van der Waals surface area contributed by atoms with Gasteiger partial charge in [0, 0.05) is 62.5 Å². The van der Waals surface area contributed by atoms with E-state index in [1.807, 2.05) is 12.4 Å². The number of fused-ring (bicyclic) bond motifs is 8. The number of hydrogen-bond donors (Lipinski definition) is 4. The summed E-state index contributed by atoms with van der Waals surface area (Å²) < 4.78 is 0. The van der Waals surface area contributed by atoms with Crippen molar-refractivity contribution in [3.8, 4) is 22.3 Å². The van der Waals surface area contributed by atoms with Crippen LogP contribution in [0.2, 0.25) is 0 Å². The highest BCUT2D eigenvalue weighted by Crippen LogP contribution is 2.42. The van der Waals surface area contributed by atoms with Crippen LogP contribution < -0.4 is 0 Å². The standard InChI is InChI=1S/C57H62N6/c1-54(2,3)36-27-34(28-37(31-36)55(4,5)6)50-44-19-17-40(60-44)33-41-18-20-45(61-41)51(35-29-38(56(7,8)9)32-39(30-35)57(10,11)12)47-22-24-49(63-47)53(48-23-21-46(50)62-48)52(42-15-13-25-58-42)43-16-14-26-59-43/h13-33,52,58-61H,1-12H3. The van der Waals surface area contributed by atoms with Crippen LogP contribution in [0, 0.1) is 0 Å². The normalized spacial score (nSPS) is 13.4. The van der Waals surface area contributed by atoms with Gasteiger partial charge in [0.15, 0.2) is 0 Å². The Morgan fingerprint density at radius 3 is 1.11 bits per heavy atom. The molecule has 5 aromatic heterocycles. The Balaban J connectivity index is 1.44. The van der Waals surface area contributed by atoms with E-state index in [0.717, 1.165) is 84.0 Å². The van der Waals surface area contributed by atoms with E-state index in [1.165, 1.54) is 22.3 Å². The molecule has 7 heterocycles. The molecule has 320 valence electrons. The third-order valence-corrected chi connectivity index (χ3v) is 12.7. The summed E-state index contributed by atoms with van der Waals surface area (Å²) in [7, 11) is 0. The van der Waals surface area contributed by atoms with Gasteiger partial charge in [0.2, 0.25) is 0 Å². The van der Waals surface area contributed by atoms with Gasteiger partial charge in [-0.15, -0.1) is 0 Å². The Morgan fingerprint density at radius 1 is 0.413 bits per heavy atom. The van der Waals surface area contributed by atoms with Gasteiger partial charge in [-0.25, -0.2) is 9.97 Å². The highest BCUT2D eigenvalue weighted by Gasteiger charge is 2.29. The number of hydrogen-bond acceptors (Lipinski definition) is 2. The van der Waals surface area contributed by atoms with Crippen LogP contribution in [0.25, 0.3) is 68.6 Å². The maximum absolute atomic E-state index is 5.65. The predicted octanol–water partition coefficient (Wildman–Crippen LogP) is 15.0. The highest BCUT2D eigenvalue weighted by atomic mass is 14.8. The molecule has 7 aromatic rings. The van der Waals surface area contributed by atoms with E-state index in [1.54, 1.807) is 0 Å². The van der Waals surface area contributed by atoms with Gasteiger partial charge >= 0.3 is 0 Å². The fourth-order valence-electron chi connectivity index (χ4n) is 8.87. The number of aromatic amines is 4. The minimum Gasteiger partial charge on any atom is -0.364 e. The second-order valence-electron chi connectivity index (χ2n) is 21.7. The number of H-pyrrole nitrogens is 4. The van der Waals surface area contributed by atoms with E-state index < -0.39 is 0 Å². The van der Waals surface area contributed by atoms with Crippen molar-refractivity contribution in [1.29, 1.82) is 0 Å². The molecule has 0 atom stereocenters. The fraction of sp³-hybridized carbons (Fsp3) is 0.298. The third kappa shape index (κ3) is 8.20. The van der Waals surface area contributed by atoms with E-state index in [-0.39, 0.29) is 27.6 Å². The number of benzene rings is 2. The lowest BCUT2D eigenvalue weighted by molar-refractivity contribution is 0.568. The minimum atomic E-state index is -0.205. The summed E-state index contributed by atoms with van der Waals surface area (Å²) in [5.41, 5.74) is 20.1. The molecule has 0 saturated carbocycles. The quantitative estimate of drug-likeness (QED) is 0.139. The number of nitrogens with one attached hydrogen (secondary N) is 4. The zero-order valence-corrected chi connectivity index (χ0v) is 39.1. The Hall–Kier alpha value is -6.40. The average Bonchev–Trinajstić information content (AvgIpc) is 4.06. The lowest BCUT2D eigenvalue weighted by Gasteiger charge is -2.26. The van der Waals surface area contributed by atoms with E-state index in [0.29, 0.717) is 0 Å². The van der Waals surface area contributed by atoms with E-state index in [2.05, 4.69) is 218 Å². The molecule has 0 fully saturated rings. The van der Waals surface area contributed by atoms with Crippen molar-refractivity contribution < 1.29 is 0 Å². The van der Waals surface area contributed by atoms with E-state index >= 15 is 0 Å². The van der Waals surface area contributed by atoms with Gasteiger partial charge < -0.3 is 19.9 Å². The molecule has 0 spiro atoms. The maximum Gasteiger partial charge on any atom is 0.0737 e. The Kier molecular flexibility index (Phi) is 10.1. The van der Waals surface area contributed by atoms with Crippen molar-refractivity contribution in [2.75, 3.05) is 0 Å².